The highest BCUT2D eigenvalue weighted by Gasteiger charge is 2.43. The van der Waals surface area contributed by atoms with Crippen LogP contribution >= 0.6 is 0 Å². The van der Waals surface area contributed by atoms with Crippen LogP contribution in [0.15, 0.2) is 54.9 Å². The van der Waals surface area contributed by atoms with Gasteiger partial charge in [-0.1, -0.05) is 12.1 Å². The number of aromatic nitrogens is 3. The fourth-order valence-corrected chi connectivity index (χ4v) is 4.59. The number of rotatable bonds is 5. The number of hydrogen-bond donors (Lipinski definition) is 0. The predicted octanol–water partition coefficient (Wildman–Crippen LogP) is 2.21. The summed E-state index contributed by atoms with van der Waals surface area (Å²) in [6, 6.07) is 12.5. The van der Waals surface area contributed by atoms with E-state index in [1.807, 2.05) is 54.1 Å². The third-order valence-electron chi connectivity index (χ3n) is 6.28. The maximum Gasteiger partial charge on any atom is 0.255 e. The van der Waals surface area contributed by atoms with E-state index in [-0.39, 0.29) is 18.3 Å². The van der Waals surface area contributed by atoms with Gasteiger partial charge in [-0.05, 0) is 48.4 Å². The van der Waals surface area contributed by atoms with Crippen LogP contribution in [0.3, 0.4) is 0 Å². The summed E-state index contributed by atoms with van der Waals surface area (Å²) in [5.74, 6) is 0.220. The van der Waals surface area contributed by atoms with Crippen LogP contribution < -0.4 is 4.74 Å². The number of carbonyl (C=O) groups excluding carboxylic acids is 1. The molecule has 2 aromatic carbocycles. The molecule has 2 aromatic heterocycles. The summed E-state index contributed by atoms with van der Waals surface area (Å²) in [5.41, 5.74) is 4.13. The Balaban J connectivity index is 1.49. The van der Waals surface area contributed by atoms with E-state index in [1.54, 1.807) is 34.0 Å². The average Bonchev–Trinajstić information content (AvgIpc) is 3.27. The molecule has 0 spiro atoms. The first-order valence-electron chi connectivity index (χ1n) is 11.0. The molecular formula is C24H23B2FN4O2. The second kappa shape index (κ2) is 7.76. The first-order valence-corrected chi connectivity index (χ1v) is 11.0. The number of pyridine rings is 1. The summed E-state index contributed by atoms with van der Waals surface area (Å²) in [5, 5.41) is 4.80. The fourth-order valence-electron chi connectivity index (χ4n) is 4.59. The molecule has 0 unspecified atom stereocenters. The van der Waals surface area contributed by atoms with Gasteiger partial charge < -0.3 is 9.64 Å². The maximum absolute atomic E-state index is 15.3. The van der Waals surface area contributed by atoms with E-state index in [4.69, 9.17) is 4.74 Å². The number of carbonyl (C=O) groups is 1. The first-order chi connectivity index (χ1) is 15.8. The third kappa shape index (κ3) is 3.39. The number of hydrogen-bond acceptors (Lipinski definition) is 4. The molecule has 3 heterocycles. The predicted molar refractivity (Wildman–Crippen MR) is 130 cm³/mol. The highest BCUT2D eigenvalue weighted by Crippen LogP contribution is 2.37. The summed E-state index contributed by atoms with van der Waals surface area (Å²) in [7, 11) is 5.73. The third-order valence-corrected chi connectivity index (χ3v) is 6.28. The van der Waals surface area contributed by atoms with E-state index in [0.717, 1.165) is 27.7 Å². The Morgan fingerprint density at radius 2 is 1.97 bits per heavy atom. The van der Waals surface area contributed by atoms with Gasteiger partial charge in [-0.15, -0.1) is 0 Å². The lowest BCUT2D eigenvalue weighted by Crippen LogP contribution is -2.44. The van der Waals surface area contributed by atoms with E-state index in [0.29, 0.717) is 23.5 Å². The van der Waals surface area contributed by atoms with Gasteiger partial charge in [0, 0.05) is 42.3 Å². The van der Waals surface area contributed by atoms with Crippen molar-refractivity contribution < 1.29 is 13.9 Å². The Morgan fingerprint density at radius 3 is 2.70 bits per heavy atom. The zero-order valence-corrected chi connectivity index (χ0v) is 19.1. The summed E-state index contributed by atoms with van der Waals surface area (Å²) >= 11 is 0. The minimum absolute atomic E-state index is 0.129. The molecule has 0 saturated carbocycles. The van der Waals surface area contributed by atoms with Crippen LogP contribution in [0.5, 0.6) is 5.75 Å². The number of ether oxygens (including phenoxy) is 1. The van der Waals surface area contributed by atoms with Crippen molar-refractivity contribution in [2.24, 2.45) is 7.05 Å². The first kappa shape index (κ1) is 21.2. The van der Waals surface area contributed by atoms with Crippen molar-refractivity contribution >= 4 is 32.5 Å². The molecule has 1 aliphatic heterocycles. The van der Waals surface area contributed by atoms with Gasteiger partial charge in [0.1, 0.15) is 32.8 Å². The van der Waals surface area contributed by atoms with E-state index >= 15 is 4.39 Å². The van der Waals surface area contributed by atoms with Crippen molar-refractivity contribution in [3.63, 3.8) is 0 Å². The Hall–Kier alpha value is -3.61. The number of nitrogens with zero attached hydrogens (tertiary/aromatic N) is 4. The van der Waals surface area contributed by atoms with Crippen LogP contribution in [0.4, 0.5) is 4.39 Å². The number of amides is 1. The minimum atomic E-state index is -0.615. The van der Waals surface area contributed by atoms with Crippen LogP contribution in [-0.2, 0) is 18.9 Å². The highest BCUT2D eigenvalue weighted by molar-refractivity contribution is 6.42. The molecule has 0 fully saturated rings. The van der Waals surface area contributed by atoms with E-state index in [9.17, 15) is 4.79 Å². The van der Waals surface area contributed by atoms with Gasteiger partial charge in [-0.3, -0.25) is 14.5 Å². The van der Waals surface area contributed by atoms with Crippen molar-refractivity contribution in [3.8, 4) is 16.9 Å². The second-order valence-corrected chi connectivity index (χ2v) is 8.77. The Kier molecular flexibility index (Phi) is 5.00. The average molecular weight is 440 g/mol. The van der Waals surface area contributed by atoms with Crippen molar-refractivity contribution in [3.05, 3.63) is 77.5 Å². The highest BCUT2D eigenvalue weighted by atomic mass is 19.1. The number of fused-ring (bicyclic) bond motifs is 2. The molecule has 0 aliphatic carbocycles. The van der Waals surface area contributed by atoms with Gasteiger partial charge in [0.25, 0.3) is 5.91 Å². The lowest BCUT2D eigenvalue weighted by atomic mass is 9.59. The van der Waals surface area contributed by atoms with Crippen LogP contribution in [0.1, 0.15) is 28.5 Å². The van der Waals surface area contributed by atoms with Crippen LogP contribution in [0.2, 0.25) is 0 Å². The van der Waals surface area contributed by atoms with Crippen molar-refractivity contribution in [2.75, 3.05) is 6.61 Å². The van der Waals surface area contributed by atoms with Crippen molar-refractivity contribution in [2.45, 2.75) is 18.8 Å². The molecule has 1 aliphatic rings. The van der Waals surface area contributed by atoms with Gasteiger partial charge >= 0.3 is 0 Å². The molecule has 0 N–H and O–H groups in total. The molecule has 0 atom stereocenters. The van der Waals surface area contributed by atoms with Gasteiger partial charge in [0.15, 0.2) is 0 Å². The van der Waals surface area contributed by atoms with Gasteiger partial charge in [-0.2, -0.15) is 5.10 Å². The smallest absolute Gasteiger partial charge is 0.255 e. The molecule has 4 aromatic rings. The van der Waals surface area contributed by atoms with E-state index < -0.39 is 5.34 Å². The number of aryl methyl sites for hydroxylation is 1. The molecule has 5 rings (SSSR count). The molecule has 9 heteroatoms. The molecule has 164 valence electrons. The Bertz CT molecular complexity index is 1400. The minimum Gasteiger partial charge on any atom is -0.492 e. The normalized spacial score (nSPS) is 14.6. The SMILES string of the molecule is BC1(B)c2ncccc2C(=O)N1Cc1ccc(-c2ccc(OCC)c3nn(C)cc23)cc1F. The monoisotopic (exact) mass is 440 g/mol. The molecule has 0 saturated heterocycles. The summed E-state index contributed by atoms with van der Waals surface area (Å²) in [4.78, 5) is 19.1. The lowest BCUT2D eigenvalue weighted by molar-refractivity contribution is 0.0729. The quantitative estimate of drug-likeness (QED) is 0.447. The molecule has 6 nitrogen and oxygen atoms in total. The van der Waals surface area contributed by atoms with Gasteiger partial charge in [-0.25, -0.2) is 4.39 Å². The lowest BCUT2D eigenvalue weighted by Gasteiger charge is -2.32. The van der Waals surface area contributed by atoms with Crippen LogP contribution in [-0.4, -0.2) is 47.9 Å². The zero-order chi connectivity index (χ0) is 23.3. The second-order valence-electron chi connectivity index (χ2n) is 8.77. The summed E-state index contributed by atoms with van der Waals surface area (Å²) in [6.07, 6.45) is 3.59. The number of halogens is 1. The largest absolute Gasteiger partial charge is 0.492 e. The van der Waals surface area contributed by atoms with Gasteiger partial charge in [0.2, 0.25) is 0 Å². The molecule has 0 bridgehead atoms. The summed E-state index contributed by atoms with van der Waals surface area (Å²) < 4.78 is 22.7. The van der Waals surface area contributed by atoms with Crippen molar-refractivity contribution in [1.82, 2.24) is 19.7 Å². The molecular weight excluding hydrogens is 417 g/mol. The molecule has 0 radical (unpaired) electrons. The maximum atomic E-state index is 15.3. The topological polar surface area (TPSA) is 60.3 Å². The molecule has 33 heavy (non-hydrogen) atoms. The Morgan fingerprint density at radius 1 is 1.15 bits per heavy atom. The Labute approximate surface area is 193 Å². The van der Waals surface area contributed by atoms with E-state index in [2.05, 4.69) is 10.1 Å². The summed E-state index contributed by atoms with van der Waals surface area (Å²) in [6.45, 7) is 2.64. The fraction of sp³-hybridized carbons (Fsp3) is 0.208. The molecule has 1 amide bonds. The van der Waals surface area contributed by atoms with Crippen LogP contribution in [0, 0.1) is 5.82 Å². The van der Waals surface area contributed by atoms with E-state index in [1.165, 1.54) is 6.07 Å². The van der Waals surface area contributed by atoms with Crippen LogP contribution in [0.25, 0.3) is 22.0 Å². The number of benzene rings is 2. The zero-order valence-electron chi connectivity index (χ0n) is 19.1. The standard InChI is InChI=1S/C24H23B2FN4O2/c1-3-33-20-9-8-16(18-13-30(2)29-21(18)20)14-6-7-15(19(27)11-14)12-31-23(32)17-5-4-10-28-22(17)24(31,25)26/h4-11,13H,3,12,25-26H2,1-2H3. The van der Waals surface area contributed by atoms with Crippen molar-refractivity contribution in [1.29, 1.82) is 0 Å². The van der Waals surface area contributed by atoms with Gasteiger partial charge in [0.05, 0.1) is 17.9 Å².